The minimum atomic E-state index is 0.610. The lowest BCUT2D eigenvalue weighted by molar-refractivity contribution is 0.132. The monoisotopic (exact) mass is 271 g/mol. The Labute approximate surface area is 114 Å². The zero-order valence-electron chi connectivity index (χ0n) is 11.0. The average Bonchev–Trinajstić information content (AvgIpc) is 2.39. The third-order valence-corrected chi connectivity index (χ3v) is 2.75. The molecular formula is C14H22ClNO2. The van der Waals surface area contributed by atoms with Crippen LogP contribution in [-0.4, -0.2) is 32.9 Å². The second-order valence-electron chi connectivity index (χ2n) is 3.99. The molecule has 0 spiro atoms. The van der Waals surface area contributed by atoms with E-state index in [1.54, 1.807) is 0 Å². The molecule has 18 heavy (non-hydrogen) atoms. The molecule has 1 aromatic rings. The molecule has 0 radical (unpaired) electrons. The first-order valence-corrected chi connectivity index (χ1v) is 6.88. The Hall–Kier alpha value is -0.770. The molecule has 102 valence electrons. The topological polar surface area (TPSA) is 30.5 Å². The molecule has 4 heteroatoms. The van der Waals surface area contributed by atoms with Gasteiger partial charge in [-0.15, -0.1) is 0 Å². The fourth-order valence-electron chi connectivity index (χ4n) is 1.41. The number of hydrogen-bond acceptors (Lipinski definition) is 3. The van der Waals surface area contributed by atoms with Crippen molar-refractivity contribution in [1.29, 1.82) is 0 Å². The first-order chi connectivity index (χ1) is 8.84. The second kappa shape index (κ2) is 10.2. The van der Waals surface area contributed by atoms with Crippen molar-refractivity contribution in [3.8, 4) is 5.75 Å². The maximum absolute atomic E-state index is 5.97. The van der Waals surface area contributed by atoms with Crippen LogP contribution >= 0.6 is 11.6 Å². The Kier molecular flexibility index (Phi) is 8.65. The van der Waals surface area contributed by atoms with Crippen LogP contribution in [0.3, 0.4) is 0 Å². The number of hydrogen-bond donors (Lipinski definition) is 1. The van der Waals surface area contributed by atoms with Gasteiger partial charge in [-0.3, -0.25) is 0 Å². The van der Waals surface area contributed by atoms with Gasteiger partial charge in [0.15, 0.2) is 0 Å². The van der Waals surface area contributed by atoms with Gasteiger partial charge in [0, 0.05) is 19.7 Å². The Bertz CT molecular complexity index is 320. The first kappa shape index (κ1) is 15.3. The van der Waals surface area contributed by atoms with E-state index in [0.717, 1.165) is 38.5 Å². The molecule has 3 nitrogen and oxygen atoms in total. The van der Waals surface area contributed by atoms with Crippen LogP contribution in [0.25, 0.3) is 0 Å². The van der Waals surface area contributed by atoms with Gasteiger partial charge in [-0.1, -0.05) is 37.1 Å². The van der Waals surface area contributed by atoms with Crippen molar-refractivity contribution in [2.24, 2.45) is 0 Å². The zero-order chi connectivity index (χ0) is 13.1. The van der Waals surface area contributed by atoms with Gasteiger partial charge >= 0.3 is 0 Å². The predicted octanol–water partition coefficient (Wildman–Crippen LogP) is 3.13. The Balaban J connectivity index is 1.94. The van der Waals surface area contributed by atoms with Crippen molar-refractivity contribution < 1.29 is 9.47 Å². The fourth-order valence-corrected chi connectivity index (χ4v) is 1.60. The van der Waals surface area contributed by atoms with E-state index >= 15 is 0 Å². The number of nitrogens with one attached hydrogen (secondary N) is 1. The fraction of sp³-hybridized carbons (Fsp3) is 0.571. The molecule has 0 aliphatic rings. The van der Waals surface area contributed by atoms with Crippen LogP contribution in [0.1, 0.15) is 19.8 Å². The standard InChI is InChI=1S/C14H22ClNO2/c1-2-3-10-17-11-8-16-9-12-18-14-7-5-4-6-13(14)15/h4-7,16H,2-3,8-12H2,1H3. The van der Waals surface area contributed by atoms with Crippen LogP contribution in [-0.2, 0) is 4.74 Å². The third kappa shape index (κ3) is 6.84. The average molecular weight is 272 g/mol. The lowest BCUT2D eigenvalue weighted by Crippen LogP contribution is -2.25. The minimum Gasteiger partial charge on any atom is -0.491 e. The van der Waals surface area contributed by atoms with E-state index < -0.39 is 0 Å². The molecule has 0 unspecified atom stereocenters. The molecule has 1 rings (SSSR count). The summed E-state index contributed by atoms with van der Waals surface area (Å²) in [4.78, 5) is 0. The zero-order valence-corrected chi connectivity index (χ0v) is 11.7. The van der Waals surface area contributed by atoms with E-state index in [-0.39, 0.29) is 0 Å². The molecule has 0 fully saturated rings. The highest BCUT2D eigenvalue weighted by atomic mass is 35.5. The van der Waals surface area contributed by atoms with Gasteiger partial charge in [-0.05, 0) is 18.6 Å². The maximum atomic E-state index is 5.97. The lowest BCUT2D eigenvalue weighted by atomic mass is 10.3. The van der Waals surface area contributed by atoms with Crippen LogP contribution in [0.15, 0.2) is 24.3 Å². The molecule has 0 saturated heterocycles. The van der Waals surface area contributed by atoms with E-state index in [1.807, 2.05) is 24.3 Å². The van der Waals surface area contributed by atoms with Gasteiger partial charge in [0.05, 0.1) is 11.6 Å². The van der Waals surface area contributed by atoms with Gasteiger partial charge in [0.1, 0.15) is 12.4 Å². The van der Waals surface area contributed by atoms with Crippen LogP contribution in [0.5, 0.6) is 5.75 Å². The summed E-state index contributed by atoms with van der Waals surface area (Å²) in [6.45, 7) is 6.03. The molecule has 1 aromatic carbocycles. The van der Waals surface area contributed by atoms with Gasteiger partial charge in [0.2, 0.25) is 0 Å². The maximum Gasteiger partial charge on any atom is 0.137 e. The number of halogens is 1. The quantitative estimate of drug-likeness (QED) is 0.663. The summed E-state index contributed by atoms with van der Waals surface area (Å²) in [5.74, 6) is 0.736. The van der Waals surface area contributed by atoms with Crippen molar-refractivity contribution in [1.82, 2.24) is 5.32 Å². The molecule has 0 aromatic heterocycles. The van der Waals surface area contributed by atoms with Gasteiger partial charge in [-0.2, -0.15) is 0 Å². The van der Waals surface area contributed by atoms with E-state index in [4.69, 9.17) is 21.1 Å². The van der Waals surface area contributed by atoms with E-state index in [9.17, 15) is 0 Å². The highest BCUT2D eigenvalue weighted by Crippen LogP contribution is 2.22. The number of rotatable bonds is 10. The normalized spacial score (nSPS) is 10.6. The first-order valence-electron chi connectivity index (χ1n) is 6.50. The van der Waals surface area contributed by atoms with Gasteiger partial charge < -0.3 is 14.8 Å². The molecule has 0 bridgehead atoms. The Morgan fingerprint density at radius 3 is 2.67 bits per heavy atom. The molecule has 0 heterocycles. The SMILES string of the molecule is CCCCOCCNCCOc1ccccc1Cl. The Morgan fingerprint density at radius 1 is 1.11 bits per heavy atom. The highest BCUT2D eigenvalue weighted by molar-refractivity contribution is 6.32. The third-order valence-electron chi connectivity index (χ3n) is 2.44. The molecule has 0 aliphatic carbocycles. The number of para-hydroxylation sites is 1. The van der Waals surface area contributed by atoms with E-state index in [2.05, 4.69) is 12.2 Å². The Morgan fingerprint density at radius 2 is 1.89 bits per heavy atom. The van der Waals surface area contributed by atoms with Crippen LogP contribution in [0.2, 0.25) is 5.02 Å². The van der Waals surface area contributed by atoms with E-state index in [0.29, 0.717) is 11.6 Å². The summed E-state index contributed by atoms with van der Waals surface area (Å²) in [5, 5.41) is 3.91. The molecular weight excluding hydrogens is 250 g/mol. The number of ether oxygens (including phenoxy) is 2. The number of unbranched alkanes of at least 4 members (excludes halogenated alkanes) is 1. The van der Waals surface area contributed by atoms with Crippen molar-refractivity contribution in [3.05, 3.63) is 29.3 Å². The summed E-state index contributed by atoms with van der Waals surface area (Å²) >= 11 is 5.97. The number of benzene rings is 1. The van der Waals surface area contributed by atoms with Crippen LogP contribution < -0.4 is 10.1 Å². The van der Waals surface area contributed by atoms with Gasteiger partial charge in [-0.25, -0.2) is 0 Å². The molecule has 0 saturated carbocycles. The van der Waals surface area contributed by atoms with Gasteiger partial charge in [0.25, 0.3) is 0 Å². The highest BCUT2D eigenvalue weighted by Gasteiger charge is 1.98. The molecule has 0 atom stereocenters. The lowest BCUT2D eigenvalue weighted by Gasteiger charge is -2.09. The summed E-state index contributed by atoms with van der Waals surface area (Å²) in [6.07, 6.45) is 2.31. The second-order valence-corrected chi connectivity index (χ2v) is 4.40. The van der Waals surface area contributed by atoms with Crippen LogP contribution in [0.4, 0.5) is 0 Å². The summed E-state index contributed by atoms with van der Waals surface area (Å²) < 4.78 is 11.0. The molecule has 1 N–H and O–H groups in total. The van der Waals surface area contributed by atoms with Crippen molar-refractivity contribution >= 4 is 11.6 Å². The van der Waals surface area contributed by atoms with Crippen molar-refractivity contribution in [3.63, 3.8) is 0 Å². The predicted molar refractivity (Wildman–Crippen MR) is 75.5 cm³/mol. The molecule has 0 amide bonds. The summed E-state index contributed by atoms with van der Waals surface area (Å²) in [6, 6.07) is 7.50. The van der Waals surface area contributed by atoms with Crippen molar-refractivity contribution in [2.75, 3.05) is 32.9 Å². The smallest absolute Gasteiger partial charge is 0.137 e. The molecule has 0 aliphatic heterocycles. The van der Waals surface area contributed by atoms with Crippen LogP contribution in [0, 0.1) is 0 Å². The summed E-state index contributed by atoms with van der Waals surface area (Å²) in [5.41, 5.74) is 0. The van der Waals surface area contributed by atoms with E-state index in [1.165, 1.54) is 6.42 Å². The largest absolute Gasteiger partial charge is 0.491 e. The summed E-state index contributed by atoms with van der Waals surface area (Å²) in [7, 11) is 0. The minimum absolute atomic E-state index is 0.610. The van der Waals surface area contributed by atoms with Crippen molar-refractivity contribution in [2.45, 2.75) is 19.8 Å².